The highest BCUT2D eigenvalue weighted by atomic mass is 35.5. The second kappa shape index (κ2) is 6.74. The van der Waals surface area contributed by atoms with Crippen LogP contribution >= 0.6 is 34.7 Å². The normalized spacial score (nSPS) is 24.0. The summed E-state index contributed by atoms with van der Waals surface area (Å²) in [6.07, 6.45) is -4.53. The van der Waals surface area contributed by atoms with Gasteiger partial charge in [-0.3, -0.25) is 0 Å². The quantitative estimate of drug-likeness (QED) is 0.408. The molecule has 2 aliphatic rings. The molecule has 1 saturated carbocycles. The Hall–Kier alpha value is -1.58. The molecule has 0 bridgehead atoms. The van der Waals surface area contributed by atoms with E-state index in [1.807, 2.05) is 23.1 Å². The van der Waals surface area contributed by atoms with E-state index in [-0.39, 0.29) is 11.1 Å². The maximum absolute atomic E-state index is 12.9. The number of piperidine rings is 1. The van der Waals surface area contributed by atoms with E-state index in [1.165, 1.54) is 4.70 Å². The Balaban J connectivity index is 1.21. The molecule has 5 rings (SSSR count). The van der Waals surface area contributed by atoms with E-state index >= 15 is 0 Å². The van der Waals surface area contributed by atoms with Crippen molar-refractivity contribution in [2.75, 3.05) is 23.7 Å². The summed E-state index contributed by atoms with van der Waals surface area (Å²) in [5.41, 5.74) is 0.0318. The Morgan fingerprint density at radius 2 is 1.89 bits per heavy atom. The monoisotopic (exact) mass is 442 g/mol. The van der Waals surface area contributed by atoms with Gasteiger partial charge >= 0.3 is 6.18 Å². The maximum Gasteiger partial charge on any atom is 0.433 e. The fraction of sp³-hybridized carbons (Fsp3) is 0.389. The summed E-state index contributed by atoms with van der Waals surface area (Å²) in [7, 11) is 0. The number of para-hydroxylation sites is 1. The van der Waals surface area contributed by atoms with Crippen molar-refractivity contribution >= 4 is 50.7 Å². The molecule has 146 valence electrons. The second-order valence-corrected chi connectivity index (χ2v) is 9.67. The van der Waals surface area contributed by atoms with Crippen molar-refractivity contribution in [1.29, 1.82) is 0 Å². The predicted molar refractivity (Wildman–Crippen MR) is 105 cm³/mol. The van der Waals surface area contributed by atoms with Gasteiger partial charge in [-0.2, -0.15) is 13.2 Å². The van der Waals surface area contributed by atoms with Crippen molar-refractivity contribution in [2.45, 2.75) is 10.5 Å². The van der Waals surface area contributed by atoms with Gasteiger partial charge in [0.2, 0.25) is 5.28 Å². The Labute approximate surface area is 172 Å². The minimum Gasteiger partial charge on any atom is -0.356 e. The van der Waals surface area contributed by atoms with Gasteiger partial charge in [-0.1, -0.05) is 23.9 Å². The van der Waals surface area contributed by atoms with E-state index in [1.54, 1.807) is 23.1 Å². The molecule has 0 N–H and O–H groups in total. The third-order valence-corrected chi connectivity index (χ3v) is 7.84. The van der Waals surface area contributed by atoms with Gasteiger partial charge in [-0.25, -0.2) is 15.0 Å². The van der Waals surface area contributed by atoms with Crippen LogP contribution in [0, 0.1) is 17.8 Å². The molecule has 1 saturated heterocycles. The van der Waals surface area contributed by atoms with Gasteiger partial charge in [-0.05, 0) is 41.5 Å². The van der Waals surface area contributed by atoms with Crippen molar-refractivity contribution in [2.24, 2.45) is 17.8 Å². The largest absolute Gasteiger partial charge is 0.433 e. The molecule has 0 radical (unpaired) electrons. The van der Waals surface area contributed by atoms with Crippen LogP contribution in [-0.4, -0.2) is 33.8 Å². The number of anilines is 1. The number of thiazole rings is 1. The first-order valence-corrected chi connectivity index (χ1v) is 10.9. The molecule has 1 unspecified atom stereocenters. The van der Waals surface area contributed by atoms with Crippen molar-refractivity contribution < 1.29 is 13.2 Å². The van der Waals surface area contributed by atoms with Crippen LogP contribution < -0.4 is 4.90 Å². The summed E-state index contributed by atoms with van der Waals surface area (Å²) >= 11 is 9.18. The lowest BCUT2D eigenvalue weighted by Crippen LogP contribution is -2.26. The van der Waals surface area contributed by atoms with Crippen LogP contribution in [0.3, 0.4) is 0 Å². The number of alkyl halides is 3. The minimum absolute atomic E-state index is 0.261. The zero-order valence-corrected chi connectivity index (χ0v) is 16.7. The lowest BCUT2D eigenvalue weighted by Gasteiger charge is -2.21. The molecule has 2 fully saturated rings. The number of fused-ring (bicyclic) bond motifs is 2. The predicted octanol–water partition coefficient (Wildman–Crippen LogP) is 5.23. The molecule has 4 nitrogen and oxygen atoms in total. The standard InChI is InChI=1S/C18H14ClF3N4S2/c19-16-24-14(18(20,21)22)5-15(25-16)26-6-9-10(7-26)11(9)8-27-17-23-12-3-1-2-4-13(12)28-17/h1-5,9-11H,6-8H2/t9-,10+,11?. The first-order chi connectivity index (χ1) is 13.4. The van der Waals surface area contributed by atoms with E-state index in [0.29, 0.717) is 30.8 Å². The Morgan fingerprint density at radius 1 is 1.14 bits per heavy atom. The number of rotatable bonds is 4. The number of hydrogen-bond donors (Lipinski definition) is 0. The van der Waals surface area contributed by atoms with Crippen molar-refractivity contribution in [3.63, 3.8) is 0 Å². The number of hydrogen-bond acceptors (Lipinski definition) is 6. The van der Waals surface area contributed by atoms with Gasteiger partial charge in [0.15, 0.2) is 10.0 Å². The summed E-state index contributed by atoms with van der Waals surface area (Å²) in [6, 6.07) is 9.07. The number of aromatic nitrogens is 3. The molecule has 3 heterocycles. The van der Waals surface area contributed by atoms with Crippen molar-refractivity contribution in [1.82, 2.24) is 15.0 Å². The molecule has 1 aliphatic carbocycles. The van der Waals surface area contributed by atoms with Crippen LogP contribution in [0.1, 0.15) is 5.69 Å². The Kier molecular flexibility index (Phi) is 4.44. The van der Waals surface area contributed by atoms with E-state index in [9.17, 15) is 13.2 Å². The zero-order valence-electron chi connectivity index (χ0n) is 14.4. The van der Waals surface area contributed by atoms with Gasteiger partial charge in [0.05, 0.1) is 10.2 Å². The van der Waals surface area contributed by atoms with Crippen LogP contribution in [0.5, 0.6) is 0 Å². The highest BCUT2D eigenvalue weighted by molar-refractivity contribution is 8.01. The third-order valence-electron chi connectivity index (χ3n) is 5.34. The topological polar surface area (TPSA) is 41.9 Å². The summed E-state index contributed by atoms with van der Waals surface area (Å²) in [5, 5.41) is -0.367. The number of nitrogens with zero attached hydrogens (tertiary/aromatic N) is 4. The van der Waals surface area contributed by atoms with E-state index in [2.05, 4.69) is 21.0 Å². The maximum atomic E-state index is 12.9. The summed E-state index contributed by atoms with van der Waals surface area (Å²) in [4.78, 5) is 13.8. The van der Waals surface area contributed by atoms with Gasteiger partial charge in [0.25, 0.3) is 0 Å². The molecule has 0 amide bonds. The van der Waals surface area contributed by atoms with Gasteiger partial charge in [0.1, 0.15) is 5.82 Å². The molecule has 0 spiro atoms. The second-order valence-electron chi connectivity index (χ2n) is 7.03. The Bertz CT molecular complexity index is 996. The highest BCUT2D eigenvalue weighted by Gasteiger charge is 2.55. The van der Waals surface area contributed by atoms with Gasteiger partial charge in [-0.15, -0.1) is 11.3 Å². The number of benzene rings is 1. The fourth-order valence-corrected chi connectivity index (χ4v) is 6.45. The SMILES string of the molecule is FC(F)(F)c1cc(N2C[C@@H]3C(CSc4nc5ccccc5s4)[C@@H]3C2)nc(Cl)n1. The highest BCUT2D eigenvalue weighted by Crippen LogP contribution is 2.54. The first kappa shape index (κ1) is 18.4. The molecule has 28 heavy (non-hydrogen) atoms. The molecule has 1 aromatic carbocycles. The number of halogens is 4. The average Bonchev–Trinajstić information content (AvgIpc) is 3.00. The molecule has 3 aromatic rings. The van der Waals surface area contributed by atoms with E-state index < -0.39 is 11.9 Å². The average molecular weight is 443 g/mol. The lowest BCUT2D eigenvalue weighted by molar-refractivity contribution is -0.141. The van der Waals surface area contributed by atoms with Crippen LogP contribution in [0.4, 0.5) is 19.0 Å². The third kappa shape index (κ3) is 3.44. The zero-order chi connectivity index (χ0) is 19.5. The fourth-order valence-electron chi connectivity index (χ4n) is 3.88. The van der Waals surface area contributed by atoms with Crippen LogP contribution in [0.15, 0.2) is 34.7 Å². The molecule has 10 heteroatoms. The molecular weight excluding hydrogens is 429 g/mol. The minimum atomic E-state index is -4.53. The lowest BCUT2D eigenvalue weighted by atomic mass is 10.3. The summed E-state index contributed by atoms with van der Waals surface area (Å²) < 4.78 is 41.1. The Morgan fingerprint density at radius 3 is 2.61 bits per heavy atom. The molecular formula is C18H14ClF3N4S2. The van der Waals surface area contributed by atoms with E-state index in [4.69, 9.17) is 11.6 Å². The smallest absolute Gasteiger partial charge is 0.356 e. The van der Waals surface area contributed by atoms with Crippen LogP contribution in [0.25, 0.3) is 10.2 Å². The van der Waals surface area contributed by atoms with Gasteiger partial charge in [0, 0.05) is 24.9 Å². The van der Waals surface area contributed by atoms with Crippen LogP contribution in [0.2, 0.25) is 5.28 Å². The van der Waals surface area contributed by atoms with Crippen LogP contribution in [-0.2, 0) is 6.18 Å². The molecule has 2 aromatic heterocycles. The summed E-state index contributed by atoms with van der Waals surface area (Å²) in [5.74, 6) is 2.81. The molecule has 1 aliphatic heterocycles. The molecule has 3 atom stereocenters. The first-order valence-electron chi connectivity index (χ1n) is 8.73. The summed E-state index contributed by atoms with van der Waals surface area (Å²) in [6.45, 7) is 1.42. The van der Waals surface area contributed by atoms with Gasteiger partial charge < -0.3 is 4.90 Å². The van der Waals surface area contributed by atoms with E-state index in [0.717, 1.165) is 21.7 Å². The number of thioether (sulfide) groups is 1. The van der Waals surface area contributed by atoms with Crippen molar-refractivity contribution in [3.05, 3.63) is 41.3 Å². The van der Waals surface area contributed by atoms with Crippen molar-refractivity contribution in [3.8, 4) is 0 Å².